The topological polar surface area (TPSA) is 64.3 Å². The molecule has 1 aromatic carbocycles. The van der Waals surface area contributed by atoms with Gasteiger partial charge in [-0.05, 0) is 42.9 Å². The molecule has 0 aromatic heterocycles. The Morgan fingerprint density at radius 3 is 2.78 bits per heavy atom. The van der Waals surface area contributed by atoms with Gasteiger partial charge in [0.05, 0.1) is 12.8 Å². The predicted octanol–water partition coefficient (Wildman–Crippen LogP) is 2.26. The molecule has 0 bridgehead atoms. The molecule has 0 radical (unpaired) electrons. The molecule has 96 valence electrons. The second-order valence-electron chi connectivity index (χ2n) is 5.23. The maximum absolute atomic E-state index is 12.2. The lowest BCUT2D eigenvalue weighted by Crippen LogP contribution is -2.17. The lowest BCUT2D eigenvalue weighted by atomic mass is 10.1. The highest BCUT2D eigenvalue weighted by Crippen LogP contribution is 2.57. The fraction of sp³-hybridized carbons (Fsp3) is 0.500. The number of amides is 1. The summed E-state index contributed by atoms with van der Waals surface area (Å²) in [6, 6.07) is 5.29. The van der Waals surface area contributed by atoms with Crippen LogP contribution in [0.25, 0.3) is 0 Å². The molecule has 18 heavy (non-hydrogen) atoms. The fourth-order valence-corrected chi connectivity index (χ4v) is 3.25. The summed E-state index contributed by atoms with van der Waals surface area (Å²) < 4.78 is 5.23. The van der Waals surface area contributed by atoms with Gasteiger partial charge in [0.25, 0.3) is 0 Å². The van der Waals surface area contributed by atoms with Crippen molar-refractivity contribution in [2.75, 3.05) is 18.2 Å². The summed E-state index contributed by atoms with van der Waals surface area (Å²) in [5.41, 5.74) is 7.04. The molecule has 0 heterocycles. The molecule has 1 amide bonds. The highest BCUT2D eigenvalue weighted by molar-refractivity contribution is 5.96. The summed E-state index contributed by atoms with van der Waals surface area (Å²) in [6.07, 6.45) is 3.69. The largest absolute Gasteiger partial charge is 0.495 e. The molecule has 0 saturated heterocycles. The fourth-order valence-electron chi connectivity index (χ4n) is 3.25. The molecule has 4 heteroatoms. The molecular weight excluding hydrogens is 228 g/mol. The number of carbonyl (C=O) groups excluding carboxylic acids is 1. The Kier molecular flexibility index (Phi) is 2.65. The molecular formula is C14H18N2O2. The zero-order valence-electron chi connectivity index (χ0n) is 10.5. The van der Waals surface area contributed by atoms with E-state index >= 15 is 0 Å². The maximum atomic E-state index is 12.2. The molecule has 2 saturated carbocycles. The second kappa shape index (κ2) is 4.19. The highest BCUT2D eigenvalue weighted by Gasteiger charge is 2.56. The van der Waals surface area contributed by atoms with Crippen LogP contribution < -0.4 is 15.8 Å². The monoisotopic (exact) mass is 246 g/mol. The molecule has 2 unspecified atom stereocenters. The van der Waals surface area contributed by atoms with Crippen molar-refractivity contribution < 1.29 is 9.53 Å². The first-order valence-electron chi connectivity index (χ1n) is 6.45. The summed E-state index contributed by atoms with van der Waals surface area (Å²) in [6.45, 7) is 0. The van der Waals surface area contributed by atoms with Gasteiger partial charge in [-0.3, -0.25) is 4.79 Å². The maximum Gasteiger partial charge on any atom is 0.228 e. The third-order valence-electron chi connectivity index (χ3n) is 4.19. The zero-order valence-corrected chi connectivity index (χ0v) is 10.5. The minimum atomic E-state index is 0.119. The number of rotatable bonds is 3. The molecule has 0 aliphatic heterocycles. The molecule has 2 aliphatic carbocycles. The van der Waals surface area contributed by atoms with E-state index in [2.05, 4.69) is 5.32 Å². The number of hydrogen-bond donors (Lipinski definition) is 2. The minimum Gasteiger partial charge on any atom is -0.495 e. The van der Waals surface area contributed by atoms with Crippen LogP contribution in [0.3, 0.4) is 0 Å². The van der Waals surface area contributed by atoms with E-state index in [4.69, 9.17) is 10.5 Å². The van der Waals surface area contributed by atoms with Crippen molar-refractivity contribution in [2.45, 2.75) is 19.3 Å². The number of benzene rings is 1. The number of nitrogens with one attached hydrogen (secondary N) is 1. The molecule has 2 atom stereocenters. The normalized spacial score (nSPS) is 28.6. The summed E-state index contributed by atoms with van der Waals surface area (Å²) in [7, 11) is 1.59. The third-order valence-corrected chi connectivity index (χ3v) is 4.19. The Labute approximate surface area is 107 Å². The Morgan fingerprint density at radius 1 is 1.39 bits per heavy atom. The number of fused-ring (bicyclic) bond motifs is 1. The number of carbonyl (C=O) groups is 1. The average molecular weight is 246 g/mol. The number of nitrogens with two attached hydrogens (primary N) is 1. The number of methoxy groups -OCH3 is 1. The Bertz CT molecular complexity index is 477. The van der Waals surface area contributed by atoms with E-state index in [0.717, 1.165) is 0 Å². The Morgan fingerprint density at radius 2 is 2.11 bits per heavy atom. The van der Waals surface area contributed by atoms with Crippen molar-refractivity contribution >= 4 is 17.3 Å². The number of ether oxygens (including phenoxy) is 1. The van der Waals surface area contributed by atoms with Crippen LogP contribution in [0.4, 0.5) is 11.4 Å². The van der Waals surface area contributed by atoms with Crippen molar-refractivity contribution in [1.29, 1.82) is 0 Å². The first-order valence-corrected chi connectivity index (χ1v) is 6.45. The van der Waals surface area contributed by atoms with Crippen LogP contribution in [0, 0.1) is 17.8 Å². The van der Waals surface area contributed by atoms with E-state index in [1.807, 2.05) is 0 Å². The molecule has 3 N–H and O–H groups in total. The first kappa shape index (κ1) is 11.4. The second-order valence-corrected chi connectivity index (χ2v) is 5.23. The molecule has 2 fully saturated rings. The van der Waals surface area contributed by atoms with Crippen LogP contribution in [0.5, 0.6) is 5.75 Å². The lowest BCUT2D eigenvalue weighted by molar-refractivity contribution is -0.118. The Hall–Kier alpha value is -1.71. The molecule has 1 aromatic rings. The van der Waals surface area contributed by atoms with Crippen LogP contribution in [0.2, 0.25) is 0 Å². The number of hydrogen-bond acceptors (Lipinski definition) is 3. The summed E-state index contributed by atoms with van der Waals surface area (Å²) in [5, 5.41) is 2.95. The van der Waals surface area contributed by atoms with Crippen molar-refractivity contribution in [3.8, 4) is 5.75 Å². The van der Waals surface area contributed by atoms with Crippen molar-refractivity contribution in [3.05, 3.63) is 18.2 Å². The van der Waals surface area contributed by atoms with Gasteiger partial charge in [-0.15, -0.1) is 0 Å². The summed E-state index contributed by atoms with van der Waals surface area (Å²) in [4.78, 5) is 12.2. The summed E-state index contributed by atoms with van der Waals surface area (Å²) in [5.74, 6) is 2.23. The van der Waals surface area contributed by atoms with Crippen LogP contribution in [-0.2, 0) is 4.79 Å². The quantitative estimate of drug-likeness (QED) is 0.804. The van der Waals surface area contributed by atoms with Gasteiger partial charge >= 0.3 is 0 Å². The van der Waals surface area contributed by atoms with Gasteiger partial charge < -0.3 is 15.8 Å². The SMILES string of the molecule is COc1ccc(N)cc1NC(=O)C1C2CCCC21. The minimum absolute atomic E-state index is 0.119. The van der Waals surface area contributed by atoms with Crippen LogP contribution in [0.1, 0.15) is 19.3 Å². The smallest absolute Gasteiger partial charge is 0.228 e. The van der Waals surface area contributed by atoms with Crippen molar-refractivity contribution in [2.24, 2.45) is 17.8 Å². The van der Waals surface area contributed by atoms with Gasteiger partial charge in [0, 0.05) is 11.6 Å². The van der Waals surface area contributed by atoms with Gasteiger partial charge in [0.15, 0.2) is 0 Å². The van der Waals surface area contributed by atoms with Gasteiger partial charge in [0.1, 0.15) is 5.75 Å². The molecule has 4 nitrogen and oxygen atoms in total. The zero-order chi connectivity index (χ0) is 12.7. The summed E-state index contributed by atoms with van der Waals surface area (Å²) >= 11 is 0. The third kappa shape index (κ3) is 1.82. The van der Waals surface area contributed by atoms with Gasteiger partial charge in [-0.2, -0.15) is 0 Å². The van der Waals surface area contributed by atoms with E-state index in [-0.39, 0.29) is 11.8 Å². The molecule has 3 rings (SSSR count). The van der Waals surface area contributed by atoms with E-state index < -0.39 is 0 Å². The van der Waals surface area contributed by atoms with E-state index in [9.17, 15) is 4.79 Å². The first-order chi connectivity index (χ1) is 8.70. The predicted molar refractivity (Wildman–Crippen MR) is 70.4 cm³/mol. The number of nitrogen functional groups attached to an aromatic ring is 1. The Balaban J connectivity index is 1.72. The molecule has 0 spiro atoms. The van der Waals surface area contributed by atoms with Gasteiger partial charge in [-0.25, -0.2) is 0 Å². The average Bonchev–Trinajstić information content (AvgIpc) is 2.84. The van der Waals surface area contributed by atoms with E-state index in [0.29, 0.717) is 29.0 Å². The van der Waals surface area contributed by atoms with Crippen LogP contribution >= 0.6 is 0 Å². The lowest BCUT2D eigenvalue weighted by Gasteiger charge is -2.11. The molecule has 2 aliphatic rings. The van der Waals surface area contributed by atoms with Crippen molar-refractivity contribution in [3.63, 3.8) is 0 Å². The highest BCUT2D eigenvalue weighted by atomic mass is 16.5. The number of anilines is 2. The van der Waals surface area contributed by atoms with Gasteiger partial charge in [-0.1, -0.05) is 6.42 Å². The van der Waals surface area contributed by atoms with E-state index in [1.165, 1.54) is 19.3 Å². The van der Waals surface area contributed by atoms with Crippen LogP contribution in [-0.4, -0.2) is 13.0 Å². The van der Waals surface area contributed by atoms with Crippen molar-refractivity contribution in [1.82, 2.24) is 0 Å². The van der Waals surface area contributed by atoms with Gasteiger partial charge in [0.2, 0.25) is 5.91 Å². The van der Waals surface area contributed by atoms with E-state index in [1.54, 1.807) is 25.3 Å². The van der Waals surface area contributed by atoms with Crippen LogP contribution in [0.15, 0.2) is 18.2 Å². The standard InChI is InChI=1S/C14H18N2O2/c1-18-12-6-5-8(15)7-11(12)16-14(17)13-9-3-2-4-10(9)13/h5-7,9-10,13H,2-4,15H2,1H3,(H,16,17).